The van der Waals surface area contributed by atoms with Crippen LogP contribution in [-0.4, -0.2) is 11.5 Å². The Bertz CT molecular complexity index is 466. The third-order valence-electron chi connectivity index (χ3n) is 2.38. The standard InChI is InChI=1S/C13H13ClN2/c14-12-3-1-2-11(8-12)13-5-4-10(6-7-15)9-16-13/h1-5,8-9H,6-7,15H2. The lowest BCUT2D eigenvalue weighted by molar-refractivity contribution is 0.959. The maximum absolute atomic E-state index is 5.93. The molecule has 16 heavy (non-hydrogen) atoms. The van der Waals surface area contributed by atoms with Crippen molar-refractivity contribution in [2.75, 3.05) is 6.54 Å². The fourth-order valence-corrected chi connectivity index (χ4v) is 1.75. The van der Waals surface area contributed by atoms with E-state index in [0.717, 1.165) is 28.3 Å². The van der Waals surface area contributed by atoms with Crippen molar-refractivity contribution < 1.29 is 0 Å². The second kappa shape index (κ2) is 5.10. The van der Waals surface area contributed by atoms with Gasteiger partial charge < -0.3 is 5.73 Å². The first-order chi connectivity index (χ1) is 7.79. The lowest BCUT2D eigenvalue weighted by Crippen LogP contribution is -2.02. The molecule has 0 spiro atoms. The smallest absolute Gasteiger partial charge is 0.0702 e. The van der Waals surface area contributed by atoms with Gasteiger partial charge in [-0.05, 0) is 36.7 Å². The SMILES string of the molecule is NCCc1ccc(-c2cccc(Cl)c2)nc1. The molecule has 2 rings (SSSR count). The predicted molar refractivity (Wildman–Crippen MR) is 67.4 cm³/mol. The molecule has 0 aliphatic carbocycles. The molecule has 0 radical (unpaired) electrons. The molecule has 2 N–H and O–H groups in total. The highest BCUT2D eigenvalue weighted by Crippen LogP contribution is 2.20. The van der Waals surface area contributed by atoms with Crippen LogP contribution in [-0.2, 0) is 6.42 Å². The zero-order valence-electron chi connectivity index (χ0n) is 8.86. The molecule has 2 aromatic rings. The summed E-state index contributed by atoms with van der Waals surface area (Å²) in [5, 5.41) is 0.727. The summed E-state index contributed by atoms with van der Waals surface area (Å²) in [6.07, 6.45) is 2.73. The fraction of sp³-hybridized carbons (Fsp3) is 0.154. The zero-order chi connectivity index (χ0) is 11.4. The topological polar surface area (TPSA) is 38.9 Å². The van der Waals surface area contributed by atoms with Gasteiger partial charge in [0.15, 0.2) is 0 Å². The van der Waals surface area contributed by atoms with E-state index in [4.69, 9.17) is 17.3 Å². The van der Waals surface area contributed by atoms with Crippen LogP contribution in [0.25, 0.3) is 11.3 Å². The Morgan fingerprint density at radius 2 is 2.06 bits per heavy atom. The Morgan fingerprint density at radius 3 is 2.69 bits per heavy atom. The molecule has 0 bridgehead atoms. The van der Waals surface area contributed by atoms with E-state index in [2.05, 4.69) is 11.1 Å². The molecule has 0 saturated heterocycles. The minimum atomic E-state index is 0.651. The summed E-state index contributed by atoms with van der Waals surface area (Å²) < 4.78 is 0. The van der Waals surface area contributed by atoms with Gasteiger partial charge in [-0.3, -0.25) is 4.98 Å². The number of halogens is 1. The molecule has 0 aliphatic rings. The molecule has 0 amide bonds. The van der Waals surface area contributed by atoms with Gasteiger partial charge in [0.25, 0.3) is 0 Å². The number of hydrogen-bond acceptors (Lipinski definition) is 2. The van der Waals surface area contributed by atoms with Gasteiger partial charge in [0.2, 0.25) is 0 Å². The Hall–Kier alpha value is -1.38. The van der Waals surface area contributed by atoms with Crippen LogP contribution >= 0.6 is 11.6 Å². The Labute approximate surface area is 100 Å². The van der Waals surface area contributed by atoms with E-state index in [1.54, 1.807) is 0 Å². The van der Waals surface area contributed by atoms with Crippen LogP contribution in [0.5, 0.6) is 0 Å². The van der Waals surface area contributed by atoms with E-state index >= 15 is 0 Å². The third kappa shape index (κ3) is 2.60. The van der Waals surface area contributed by atoms with Gasteiger partial charge in [-0.1, -0.05) is 29.8 Å². The first kappa shape index (κ1) is 11.1. The van der Waals surface area contributed by atoms with Crippen molar-refractivity contribution in [1.82, 2.24) is 4.98 Å². The number of nitrogens with zero attached hydrogens (tertiary/aromatic N) is 1. The lowest BCUT2D eigenvalue weighted by Gasteiger charge is -2.03. The third-order valence-corrected chi connectivity index (χ3v) is 2.61. The fourth-order valence-electron chi connectivity index (χ4n) is 1.56. The Morgan fingerprint density at radius 1 is 1.19 bits per heavy atom. The first-order valence-corrected chi connectivity index (χ1v) is 5.58. The summed E-state index contributed by atoms with van der Waals surface area (Å²) in [4.78, 5) is 4.39. The van der Waals surface area contributed by atoms with Crippen LogP contribution in [0, 0.1) is 0 Å². The molecule has 1 aromatic carbocycles. The number of benzene rings is 1. The van der Waals surface area contributed by atoms with Crippen molar-refractivity contribution in [2.24, 2.45) is 5.73 Å². The summed E-state index contributed by atoms with van der Waals surface area (Å²) >= 11 is 5.93. The second-order valence-corrected chi connectivity index (χ2v) is 4.04. The average molecular weight is 233 g/mol. The van der Waals surface area contributed by atoms with E-state index < -0.39 is 0 Å². The van der Waals surface area contributed by atoms with Crippen LogP contribution in [0.4, 0.5) is 0 Å². The number of pyridine rings is 1. The Balaban J connectivity index is 2.27. The van der Waals surface area contributed by atoms with Crippen molar-refractivity contribution in [3.05, 3.63) is 53.2 Å². The van der Waals surface area contributed by atoms with E-state index in [0.29, 0.717) is 6.54 Å². The molecule has 0 unspecified atom stereocenters. The van der Waals surface area contributed by atoms with Gasteiger partial charge in [-0.15, -0.1) is 0 Å². The van der Waals surface area contributed by atoms with E-state index in [1.807, 2.05) is 36.5 Å². The molecule has 0 saturated carbocycles. The molecule has 1 aromatic heterocycles. The van der Waals surface area contributed by atoms with Gasteiger partial charge in [0, 0.05) is 16.8 Å². The molecule has 1 heterocycles. The minimum Gasteiger partial charge on any atom is -0.330 e. The van der Waals surface area contributed by atoms with Crippen molar-refractivity contribution in [2.45, 2.75) is 6.42 Å². The van der Waals surface area contributed by atoms with Crippen LogP contribution in [0.1, 0.15) is 5.56 Å². The first-order valence-electron chi connectivity index (χ1n) is 5.20. The largest absolute Gasteiger partial charge is 0.330 e. The Kier molecular flexibility index (Phi) is 3.54. The van der Waals surface area contributed by atoms with Crippen LogP contribution in [0.15, 0.2) is 42.6 Å². The number of aromatic nitrogens is 1. The van der Waals surface area contributed by atoms with Crippen LogP contribution < -0.4 is 5.73 Å². The van der Waals surface area contributed by atoms with Crippen LogP contribution in [0.3, 0.4) is 0 Å². The van der Waals surface area contributed by atoms with E-state index in [9.17, 15) is 0 Å². The molecule has 0 fully saturated rings. The number of rotatable bonds is 3. The zero-order valence-corrected chi connectivity index (χ0v) is 9.61. The summed E-state index contributed by atoms with van der Waals surface area (Å²) in [7, 11) is 0. The highest BCUT2D eigenvalue weighted by molar-refractivity contribution is 6.30. The summed E-state index contributed by atoms with van der Waals surface area (Å²) in [5.74, 6) is 0. The van der Waals surface area contributed by atoms with Crippen molar-refractivity contribution in [3.8, 4) is 11.3 Å². The highest BCUT2D eigenvalue weighted by Gasteiger charge is 2.00. The van der Waals surface area contributed by atoms with Gasteiger partial charge in [0.1, 0.15) is 0 Å². The van der Waals surface area contributed by atoms with Gasteiger partial charge in [0.05, 0.1) is 5.69 Å². The highest BCUT2D eigenvalue weighted by atomic mass is 35.5. The van der Waals surface area contributed by atoms with Gasteiger partial charge >= 0.3 is 0 Å². The van der Waals surface area contributed by atoms with E-state index in [-0.39, 0.29) is 0 Å². The van der Waals surface area contributed by atoms with Crippen molar-refractivity contribution in [3.63, 3.8) is 0 Å². The van der Waals surface area contributed by atoms with Gasteiger partial charge in [-0.25, -0.2) is 0 Å². The molecule has 0 aliphatic heterocycles. The summed E-state index contributed by atoms with van der Waals surface area (Å²) in [5.41, 5.74) is 8.61. The summed E-state index contributed by atoms with van der Waals surface area (Å²) in [6, 6.07) is 11.7. The summed E-state index contributed by atoms with van der Waals surface area (Å²) in [6.45, 7) is 0.651. The maximum Gasteiger partial charge on any atom is 0.0702 e. The number of nitrogens with two attached hydrogens (primary N) is 1. The monoisotopic (exact) mass is 232 g/mol. The van der Waals surface area contributed by atoms with Crippen molar-refractivity contribution in [1.29, 1.82) is 0 Å². The molecule has 82 valence electrons. The van der Waals surface area contributed by atoms with Gasteiger partial charge in [-0.2, -0.15) is 0 Å². The molecule has 0 atom stereocenters. The maximum atomic E-state index is 5.93. The quantitative estimate of drug-likeness (QED) is 0.884. The van der Waals surface area contributed by atoms with Crippen molar-refractivity contribution >= 4 is 11.6 Å². The minimum absolute atomic E-state index is 0.651. The molecule has 3 heteroatoms. The lowest BCUT2D eigenvalue weighted by atomic mass is 10.1. The predicted octanol–water partition coefficient (Wildman–Crippen LogP) is 2.90. The second-order valence-electron chi connectivity index (χ2n) is 3.60. The molecule has 2 nitrogen and oxygen atoms in total. The molecular formula is C13H13ClN2. The molecular weight excluding hydrogens is 220 g/mol. The average Bonchev–Trinajstić information content (AvgIpc) is 2.30. The number of hydrogen-bond donors (Lipinski definition) is 1. The van der Waals surface area contributed by atoms with Crippen LogP contribution in [0.2, 0.25) is 5.02 Å². The normalized spacial score (nSPS) is 10.4. The van der Waals surface area contributed by atoms with E-state index in [1.165, 1.54) is 0 Å².